The molecule has 90 valence electrons. The number of nitrogens with two attached hydrogens (primary N) is 1. The normalized spacial score (nSPS) is 12.6. The van der Waals surface area contributed by atoms with Gasteiger partial charge in [-0.3, -0.25) is 11.3 Å². The van der Waals surface area contributed by atoms with Crippen molar-refractivity contribution in [1.82, 2.24) is 5.43 Å². The molecule has 3 N–H and O–H groups in total. The van der Waals surface area contributed by atoms with Gasteiger partial charge in [0.2, 0.25) is 0 Å². The molecule has 0 aliphatic carbocycles. The number of hydrogen-bond donors (Lipinski definition) is 2. The molecule has 0 aliphatic heterocycles. The Hall–Kier alpha value is -0.560. The van der Waals surface area contributed by atoms with Crippen LogP contribution in [-0.4, -0.2) is 0 Å². The Kier molecular flexibility index (Phi) is 4.44. The second kappa shape index (κ2) is 5.86. The fraction of sp³-hybridized carbons (Fsp3) is 0.167. The van der Waals surface area contributed by atoms with E-state index in [2.05, 4.69) is 28.0 Å². The smallest absolute Gasteiger partial charge is 0.0935 e. The lowest BCUT2D eigenvalue weighted by molar-refractivity contribution is 0.536. The van der Waals surface area contributed by atoms with Crippen molar-refractivity contribution in [3.8, 4) is 0 Å². The number of benzene rings is 1. The first-order chi connectivity index (χ1) is 8.20. The predicted octanol–water partition coefficient (Wildman–Crippen LogP) is 3.28. The number of furan rings is 1. The molecule has 0 amide bonds. The summed E-state index contributed by atoms with van der Waals surface area (Å²) in [6.07, 6.45) is 4.15. The highest BCUT2D eigenvalue weighted by molar-refractivity contribution is 14.1. The number of halogens is 2. The summed E-state index contributed by atoms with van der Waals surface area (Å²) < 4.78 is 6.08. The van der Waals surface area contributed by atoms with Crippen molar-refractivity contribution in [2.75, 3.05) is 0 Å². The van der Waals surface area contributed by atoms with Gasteiger partial charge in [-0.25, -0.2) is 0 Å². The zero-order valence-corrected chi connectivity index (χ0v) is 11.9. The molecule has 1 aromatic heterocycles. The molecule has 0 saturated heterocycles. The number of hydrazine groups is 1. The van der Waals surface area contributed by atoms with Crippen molar-refractivity contribution >= 4 is 34.2 Å². The van der Waals surface area contributed by atoms with Crippen molar-refractivity contribution < 1.29 is 4.42 Å². The summed E-state index contributed by atoms with van der Waals surface area (Å²) in [5.41, 5.74) is 4.97. The highest BCUT2D eigenvalue weighted by Gasteiger charge is 2.12. The van der Waals surface area contributed by atoms with Gasteiger partial charge in [0.1, 0.15) is 0 Å². The van der Waals surface area contributed by atoms with Crippen LogP contribution in [0.1, 0.15) is 17.2 Å². The molecule has 0 spiro atoms. The third kappa shape index (κ3) is 3.22. The monoisotopic (exact) mass is 362 g/mol. The Labute approximate surface area is 118 Å². The Morgan fingerprint density at radius 2 is 2.24 bits per heavy atom. The molecule has 17 heavy (non-hydrogen) atoms. The molecule has 0 saturated carbocycles. The van der Waals surface area contributed by atoms with Gasteiger partial charge in [0.15, 0.2) is 0 Å². The second-order valence-corrected chi connectivity index (χ2v) is 5.30. The van der Waals surface area contributed by atoms with Crippen LogP contribution in [0.2, 0.25) is 5.02 Å². The average Bonchev–Trinajstić information content (AvgIpc) is 2.82. The molecule has 1 unspecified atom stereocenters. The van der Waals surface area contributed by atoms with Crippen LogP contribution < -0.4 is 11.3 Å². The summed E-state index contributed by atoms with van der Waals surface area (Å²) in [6, 6.07) is 7.91. The van der Waals surface area contributed by atoms with Crippen molar-refractivity contribution in [1.29, 1.82) is 0 Å². The van der Waals surface area contributed by atoms with E-state index in [4.69, 9.17) is 21.9 Å². The molecule has 0 aliphatic rings. The molecule has 0 radical (unpaired) electrons. The largest absolute Gasteiger partial charge is 0.472 e. The minimum absolute atomic E-state index is 0.0297. The van der Waals surface area contributed by atoms with Gasteiger partial charge in [0.25, 0.3) is 0 Å². The SMILES string of the molecule is NNC(Cc1ccoc1)c1ccc(I)c(Cl)c1. The van der Waals surface area contributed by atoms with Gasteiger partial charge in [-0.2, -0.15) is 0 Å². The van der Waals surface area contributed by atoms with E-state index in [0.29, 0.717) is 0 Å². The van der Waals surface area contributed by atoms with E-state index in [-0.39, 0.29) is 6.04 Å². The van der Waals surface area contributed by atoms with Gasteiger partial charge < -0.3 is 4.42 Å². The molecule has 2 aromatic rings. The van der Waals surface area contributed by atoms with E-state index in [1.807, 2.05) is 24.3 Å². The molecule has 0 bridgehead atoms. The second-order valence-electron chi connectivity index (χ2n) is 3.73. The Bertz CT molecular complexity index is 487. The van der Waals surface area contributed by atoms with Gasteiger partial charge in [0.05, 0.1) is 23.6 Å². The van der Waals surface area contributed by atoms with E-state index in [1.54, 1.807) is 12.5 Å². The van der Waals surface area contributed by atoms with E-state index < -0.39 is 0 Å². The van der Waals surface area contributed by atoms with E-state index in [9.17, 15) is 0 Å². The summed E-state index contributed by atoms with van der Waals surface area (Å²) in [6.45, 7) is 0. The van der Waals surface area contributed by atoms with Crippen LogP contribution in [0.3, 0.4) is 0 Å². The number of hydrogen-bond acceptors (Lipinski definition) is 3. The Morgan fingerprint density at radius 1 is 1.41 bits per heavy atom. The van der Waals surface area contributed by atoms with Crippen molar-refractivity contribution in [3.63, 3.8) is 0 Å². The minimum atomic E-state index is 0.0297. The van der Waals surface area contributed by atoms with Gasteiger partial charge in [-0.05, 0) is 58.3 Å². The maximum atomic E-state index is 6.10. The Morgan fingerprint density at radius 3 is 2.82 bits per heavy atom. The molecular weight excluding hydrogens is 351 g/mol. The van der Waals surface area contributed by atoms with Crippen molar-refractivity contribution in [2.24, 2.45) is 5.84 Å². The summed E-state index contributed by atoms with van der Waals surface area (Å²) in [5.74, 6) is 5.58. The van der Waals surface area contributed by atoms with Gasteiger partial charge >= 0.3 is 0 Å². The summed E-state index contributed by atoms with van der Waals surface area (Å²) >= 11 is 8.30. The lowest BCUT2D eigenvalue weighted by Crippen LogP contribution is -2.29. The quantitative estimate of drug-likeness (QED) is 0.498. The lowest BCUT2D eigenvalue weighted by atomic mass is 10.0. The highest BCUT2D eigenvalue weighted by atomic mass is 127. The molecule has 3 nitrogen and oxygen atoms in total. The standard InChI is InChI=1S/C12H12ClIN2O/c13-10-6-9(1-2-11(10)14)12(16-15)5-8-3-4-17-7-8/h1-4,6-7,12,16H,5,15H2. The lowest BCUT2D eigenvalue weighted by Gasteiger charge is -2.16. The zero-order valence-electron chi connectivity index (χ0n) is 8.99. The maximum Gasteiger partial charge on any atom is 0.0935 e. The topological polar surface area (TPSA) is 51.2 Å². The summed E-state index contributed by atoms with van der Waals surface area (Å²) in [4.78, 5) is 0. The van der Waals surface area contributed by atoms with Crippen LogP contribution in [0.15, 0.2) is 41.2 Å². The van der Waals surface area contributed by atoms with E-state index in [1.165, 1.54) is 0 Å². The van der Waals surface area contributed by atoms with Crippen LogP contribution in [0.25, 0.3) is 0 Å². The fourth-order valence-electron chi connectivity index (χ4n) is 1.65. The predicted molar refractivity (Wildman–Crippen MR) is 76.6 cm³/mol. The molecule has 2 rings (SSSR count). The van der Waals surface area contributed by atoms with Crippen molar-refractivity contribution in [3.05, 3.63) is 56.5 Å². The van der Waals surface area contributed by atoms with Crippen LogP contribution >= 0.6 is 34.2 Å². The summed E-state index contributed by atoms with van der Waals surface area (Å²) in [5, 5.41) is 0.746. The molecule has 1 atom stereocenters. The van der Waals surface area contributed by atoms with Crippen LogP contribution in [-0.2, 0) is 6.42 Å². The third-order valence-electron chi connectivity index (χ3n) is 2.57. The minimum Gasteiger partial charge on any atom is -0.472 e. The molecular formula is C12H12ClIN2O. The van der Waals surface area contributed by atoms with Crippen LogP contribution in [0.4, 0.5) is 0 Å². The van der Waals surface area contributed by atoms with Crippen molar-refractivity contribution in [2.45, 2.75) is 12.5 Å². The average molecular weight is 363 g/mol. The number of rotatable bonds is 4. The first-order valence-electron chi connectivity index (χ1n) is 5.13. The van der Waals surface area contributed by atoms with E-state index in [0.717, 1.165) is 26.1 Å². The first kappa shape index (κ1) is 12.9. The Balaban J connectivity index is 2.20. The third-order valence-corrected chi connectivity index (χ3v) is 4.14. The van der Waals surface area contributed by atoms with Gasteiger partial charge in [-0.15, -0.1) is 0 Å². The molecule has 5 heteroatoms. The van der Waals surface area contributed by atoms with Gasteiger partial charge in [0, 0.05) is 3.57 Å². The van der Waals surface area contributed by atoms with Gasteiger partial charge in [-0.1, -0.05) is 17.7 Å². The maximum absolute atomic E-state index is 6.10. The molecule has 1 aromatic carbocycles. The first-order valence-corrected chi connectivity index (χ1v) is 6.58. The molecule has 0 fully saturated rings. The fourth-order valence-corrected chi connectivity index (χ4v) is 2.17. The van der Waals surface area contributed by atoms with E-state index >= 15 is 0 Å². The van der Waals surface area contributed by atoms with Crippen LogP contribution in [0, 0.1) is 3.57 Å². The highest BCUT2D eigenvalue weighted by Crippen LogP contribution is 2.25. The molecule has 1 heterocycles. The number of nitrogens with one attached hydrogen (secondary N) is 1. The van der Waals surface area contributed by atoms with Crippen LogP contribution in [0.5, 0.6) is 0 Å². The zero-order chi connectivity index (χ0) is 12.3. The summed E-state index contributed by atoms with van der Waals surface area (Å²) in [7, 11) is 0.